The summed E-state index contributed by atoms with van der Waals surface area (Å²) in [5.74, 6) is -0.200. The Bertz CT molecular complexity index is 800. The second-order valence-corrected chi connectivity index (χ2v) is 9.26. The van der Waals surface area contributed by atoms with Gasteiger partial charge in [-0.1, -0.05) is 12.1 Å². The summed E-state index contributed by atoms with van der Waals surface area (Å²) >= 11 is 0. The Morgan fingerprint density at radius 2 is 2.04 bits per heavy atom. The van der Waals surface area contributed by atoms with E-state index in [1.165, 1.54) is 23.4 Å². The second kappa shape index (κ2) is 8.37. The van der Waals surface area contributed by atoms with Crippen LogP contribution in [-0.2, 0) is 19.5 Å². The van der Waals surface area contributed by atoms with Gasteiger partial charge in [0, 0.05) is 25.2 Å². The molecule has 2 rings (SSSR count). The molecule has 8 nitrogen and oxygen atoms in total. The van der Waals surface area contributed by atoms with Crippen molar-refractivity contribution < 1.29 is 27.5 Å². The minimum Gasteiger partial charge on any atom is -0.444 e. The maximum absolute atomic E-state index is 12.9. The van der Waals surface area contributed by atoms with Crippen molar-refractivity contribution >= 4 is 21.9 Å². The van der Waals surface area contributed by atoms with Crippen molar-refractivity contribution in [2.75, 3.05) is 26.2 Å². The van der Waals surface area contributed by atoms with E-state index in [1.54, 1.807) is 32.9 Å². The molecule has 150 valence electrons. The predicted molar refractivity (Wildman–Crippen MR) is 99.2 cm³/mol. The van der Waals surface area contributed by atoms with Gasteiger partial charge in [-0.3, -0.25) is 4.79 Å². The minimum atomic E-state index is -3.76. The lowest BCUT2D eigenvalue weighted by Gasteiger charge is -2.32. The quantitative estimate of drug-likeness (QED) is 0.759. The molecule has 1 heterocycles. The van der Waals surface area contributed by atoms with Crippen molar-refractivity contribution in [1.29, 1.82) is 0 Å². The van der Waals surface area contributed by atoms with E-state index >= 15 is 0 Å². The third kappa shape index (κ3) is 6.02. The van der Waals surface area contributed by atoms with E-state index in [0.29, 0.717) is 5.56 Å². The van der Waals surface area contributed by atoms with Crippen molar-refractivity contribution in [3.8, 4) is 0 Å². The van der Waals surface area contributed by atoms with Crippen LogP contribution >= 0.6 is 0 Å². The Morgan fingerprint density at radius 3 is 2.67 bits per heavy atom. The van der Waals surface area contributed by atoms with E-state index in [0.717, 1.165) is 0 Å². The highest BCUT2D eigenvalue weighted by Crippen LogP contribution is 2.20. The number of Topliss-reactive ketones (excluding diaryl/α,β-unsaturated/α-hetero) is 1. The molecular formula is C18H26N2O6S. The molecular weight excluding hydrogens is 372 g/mol. The number of amides is 1. The first-order valence-corrected chi connectivity index (χ1v) is 10.1. The van der Waals surface area contributed by atoms with Gasteiger partial charge in [-0.2, -0.15) is 4.31 Å². The molecule has 0 unspecified atom stereocenters. The zero-order valence-corrected chi connectivity index (χ0v) is 16.8. The summed E-state index contributed by atoms with van der Waals surface area (Å²) in [6.45, 7) is 7.31. The van der Waals surface area contributed by atoms with E-state index in [-0.39, 0.29) is 36.9 Å². The zero-order valence-electron chi connectivity index (χ0n) is 16.0. The van der Waals surface area contributed by atoms with Gasteiger partial charge in [-0.15, -0.1) is 0 Å². The van der Waals surface area contributed by atoms with E-state index in [2.05, 4.69) is 5.32 Å². The molecule has 0 saturated carbocycles. The molecule has 0 spiro atoms. The molecule has 0 aromatic heterocycles. The molecule has 1 N–H and O–H groups in total. The van der Waals surface area contributed by atoms with Crippen LogP contribution in [0.4, 0.5) is 4.79 Å². The number of hydrogen-bond donors (Lipinski definition) is 1. The average Bonchev–Trinajstić information content (AvgIpc) is 2.59. The monoisotopic (exact) mass is 398 g/mol. The first kappa shape index (κ1) is 21.3. The number of alkyl carbamates (subject to hydrolysis) is 1. The Morgan fingerprint density at radius 1 is 1.33 bits per heavy atom. The molecule has 0 bridgehead atoms. The summed E-state index contributed by atoms with van der Waals surface area (Å²) in [5.41, 5.74) is -0.276. The highest BCUT2D eigenvalue weighted by atomic mass is 32.2. The van der Waals surface area contributed by atoms with Crippen LogP contribution in [0.3, 0.4) is 0 Å². The number of morpholine rings is 1. The topological polar surface area (TPSA) is 102 Å². The second-order valence-electron chi connectivity index (χ2n) is 7.32. The minimum absolute atomic E-state index is 0.0657. The maximum atomic E-state index is 12.9. The van der Waals surface area contributed by atoms with Crippen LogP contribution in [0, 0.1) is 0 Å². The average molecular weight is 398 g/mol. The number of benzene rings is 1. The Hall–Kier alpha value is -1.97. The molecule has 1 atom stereocenters. The van der Waals surface area contributed by atoms with Gasteiger partial charge in [-0.25, -0.2) is 13.2 Å². The first-order valence-electron chi connectivity index (χ1n) is 8.68. The third-order valence-corrected chi connectivity index (χ3v) is 5.71. The lowest BCUT2D eigenvalue weighted by molar-refractivity contribution is -0.00357. The lowest BCUT2D eigenvalue weighted by atomic mass is 10.2. The number of sulfonamides is 1. The molecule has 0 aliphatic carbocycles. The standard InChI is InChI=1S/C18H26N2O6S/c1-13(21)14-6-5-7-16(10-14)27(23,24)20-8-9-25-15(12-20)11-19-17(22)26-18(2,3)4/h5-7,10,15H,8-9,11-12H2,1-4H3,(H,19,22)/t15-/m0/s1. The number of rotatable bonds is 5. The van der Waals surface area contributed by atoms with Crippen LogP contribution < -0.4 is 5.32 Å². The Kier molecular flexibility index (Phi) is 6.61. The van der Waals surface area contributed by atoms with E-state index in [9.17, 15) is 18.0 Å². The van der Waals surface area contributed by atoms with E-state index in [1.807, 2.05) is 0 Å². The van der Waals surface area contributed by atoms with E-state index in [4.69, 9.17) is 9.47 Å². The first-order chi connectivity index (χ1) is 12.5. The summed E-state index contributed by atoms with van der Waals surface area (Å²) in [6, 6.07) is 5.96. The fourth-order valence-electron chi connectivity index (χ4n) is 2.57. The van der Waals surface area contributed by atoms with Crippen LogP contribution in [0.1, 0.15) is 38.1 Å². The molecule has 1 saturated heterocycles. The van der Waals surface area contributed by atoms with Crippen LogP contribution in [0.15, 0.2) is 29.2 Å². The number of nitrogens with zero attached hydrogens (tertiary/aromatic N) is 1. The molecule has 1 aliphatic rings. The molecule has 1 fully saturated rings. The van der Waals surface area contributed by atoms with Gasteiger partial charge in [-0.05, 0) is 39.8 Å². The van der Waals surface area contributed by atoms with Gasteiger partial charge in [0.05, 0.1) is 17.6 Å². The Balaban J connectivity index is 2.03. The molecule has 1 amide bonds. The highest BCUT2D eigenvalue weighted by molar-refractivity contribution is 7.89. The molecule has 1 aromatic carbocycles. The van der Waals surface area contributed by atoms with Crippen molar-refractivity contribution in [3.05, 3.63) is 29.8 Å². The summed E-state index contributed by atoms with van der Waals surface area (Å²) in [6.07, 6.45) is -1.07. The van der Waals surface area contributed by atoms with Gasteiger partial charge in [0.2, 0.25) is 10.0 Å². The number of nitrogens with one attached hydrogen (secondary N) is 1. The van der Waals surface area contributed by atoms with Crippen LogP contribution in [0.2, 0.25) is 0 Å². The maximum Gasteiger partial charge on any atom is 0.407 e. The number of carbonyl (C=O) groups is 2. The predicted octanol–water partition coefficient (Wildman–Crippen LogP) is 1.80. The van der Waals surface area contributed by atoms with Gasteiger partial charge < -0.3 is 14.8 Å². The van der Waals surface area contributed by atoms with Gasteiger partial charge in [0.25, 0.3) is 0 Å². The van der Waals surface area contributed by atoms with Gasteiger partial charge in [0.1, 0.15) is 5.60 Å². The summed E-state index contributed by atoms with van der Waals surface area (Å²) in [4.78, 5) is 23.3. The highest BCUT2D eigenvalue weighted by Gasteiger charge is 2.31. The zero-order chi connectivity index (χ0) is 20.2. The van der Waals surface area contributed by atoms with Crippen LogP contribution in [0.5, 0.6) is 0 Å². The molecule has 1 aromatic rings. The number of carbonyl (C=O) groups excluding carboxylic acids is 2. The Labute approximate surface area is 159 Å². The smallest absolute Gasteiger partial charge is 0.407 e. The van der Waals surface area contributed by atoms with Crippen molar-refractivity contribution in [2.45, 2.75) is 44.3 Å². The van der Waals surface area contributed by atoms with Crippen LogP contribution in [0.25, 0.3) is 0 Å². The molecule has 9 heteroatoms. The van der Waals surface area contributed by atoms with Crippen molar-refractivity contribution in [2.24, 2.45) is 0 Å². The molecule has 0 radical (unpaired) electrons. The number of hydrogen-bond acceptors (Lipinski definition) is 6. The molecule has 27 heavy (non-hydrogen) atoms. The van der Waals surface area contributed by atoms with Crippen molar-refractivity contribution in [1.82, 2.24) is 9.62 Å². The fraction of sp³-hybridized carbons (Fsp3) is 0.556. The van der Waals surface area contributed by atoms with Gasteiger partial charge in [0.15, 0.2) is 5.78 Å². The summed E-state index contributed by atoms with van der Waals surface area (Å²) in [7, 11) is -3.76. The van der Waals surface area contributed by atoms with Crippen molar-refractivity contribution in [3.63, 3.8) is 0 Å². The third-order valence-electron chi connectivity index (χ3n) is 3.85. The SMILES string of the molecule is CC(=O)c1cccc(S(=O)(=O)N2CCO[C@@H](CNC(=O)OC(C)(C)C)C2)c1. The van der Waals surface area contributed by atoms with Gasteiger partial charge >= 0.3 is 6.09 Å². The summed E-state index contributed by atoms with van der Waals surface area (Å²) in [5, 5.41) is 2.59. The normalized spacial score (nSPS) is 18.7. The lowest BCUT2D eigenvalue weighted by Crippen LogP contribution is -2.49. The number of ether oxygens (including phenoxy) is 2. The summed E-state index contributed by atoms with van der Waals surface area (Å²) < 4.78 is 37.8. The number of ketones is 1. The van der Waals surface area contributed by atoms with Crippen LogP contribution in [-0.4, -0.2) is 62.5 Å². The molecule has 1 aliphatic heterocycles. The van der Waals surface area contributed by atoms with E-state index < -0.39 is 27.8 Å². The largest absolute Gasteiger partial charge is 0.444 e. The fourth-order valence-corrected chi connectivity index (χ4v) is 4.07.